The maximum Gasteiger partial charge on any atom is 0.319 e. The molecule has 0 radical (unpaired) electrons. The number of nitrogens with one attached hydrogen (secondary N) is 2. The Hall–Kier alpha value is -1.69. The number of benzene rings is 1. The van der Waals surface area contributed by atoms with Crippen molar-refractivity contribution in [1.82, 2.24) is 5.32 Å². The molecule has 2 N–H and O–H groups in total. The predicted octanol–water partition coefficient (Wildman–Crippen LogP) is 2.12. The quantitative estimate of drug-likeness (QED) is 0.870. The molecule has 0 bridgehead atoms. The van der Waals surface area contributed by atoms with Crippen LogP contribution in [-0.2, 0) is 4.74 Å². The van der Waals surface area contributed by atoms with Gasteiger partial charge in [0.2, 0.25) is 0 Å². The van der Waals surface area contributed by atoms with Crippen LogP contribution >= 0.6 is 0 Å². The fourth-order valence-electron chi connectivity index (χ4n) is 1.60. The Kier molecular flexibility index (Phi) is 3.47. The highest BCUT2D eigenvalue weighted by Crippen LogP contribution is 2.25. The largest absolute Gasteiger partial charge is 0.380 e. The zero-order chi connectivity index (χ0) is 13.2. The molecular formula is C12H14F2N2O2. The number of anilines is 1. The van der Waals surface area contributed by atoms with E-state index in [2.05, 4.69) is 10.6 Å². The van der Waals surface area contributed by atoms with Crippen molar-refractivity contribution in [2.24, 2.45) is 5.41 Å². The minimum atomic E-state index is -0.802. The fourth-order valence-corrected chi connectivity index (χ4v) is 1.60. The number of urea groups is 1. The van der Waals surface area contributed by atoms with Crippen LogP contribution in [0, 0.1) is 17.0 Å². The van der Waals surface area contributed by atoms with Gasteiger partial charge in [-0.25, -0.2) is 13.6 Å². The van der Waals surface area contributed by atoms with Crippen LogP contribution in [-0.4, -0.2) is 25.8 Å². The number of hydrogen-bond acceptors (Lipinski definition) is 2. The van der Waals surface area contributed by atoms with Gasteiger partial charge < -0.3 is 15.4 Å². The molecule has 0 unspecified atom stereocenters. The van der Waals surface area contributed by atoms with E-state index in [1.165, 1.54) is 6.07 Å². The van der Waals surface area contributed by atoms with Gasteiger partial charge in [-0.05, 0) is 12.1 Å². The molecule has 1 aromatic carbocycles. The van der Waals surface area contributed by atoms with Crippen molar-refractivity contribution in [2.75, 3.05) is 25.1 Å². The summed E-state index contributed by atoms with van der Waals surface area (Å²) in [4.78, 5) is 11.5. The molecule has 0 aromatic heterocycles. The molecular weight excluding hydrogens is 242 g/mol. The Morgan fingerprint density at radius 1 is 1.44 bits per heavy atom. The average Bonchev–Trinajstić information content (AvgIpc) is 2.28. The molecule has 0 atom stereocenters. The number of rotatable bonds is 3. The third kappa shape index (κ3) is 2.95. The lowest BCUT2D eigenvalue weighted by atomic mass is 9.89. The molecule has 2 amide bonds. The van der Waals surface area contributed by atoms with Gasteiger partial charge in [-0.15, -0.1) is 0 Å². The second kappa shape index (κ2) is 4.89. The molecule has 1 aliphatic rings. The van der Waals surface area contributed by atoms with E-state index in [0.717, 1.165) is 12.1 Å². The summed E-state index contributed by atoms with van der Waals surface area (Å²) in [6, 6.07) is 2.46. The van der Waals surface area contributed by atoms with Gasteiger partial charge in [-0.1, -0.05) is 6.92 Å². The van der Waals surface area contributed by atoms with Gasteiger partial charge in [0.1, 0.15) is 11.6 Å². The first-order valence-corrected chi connectivity index (χ1v) is 5.56. The summed E-state index contributed by atoms with van der Waals surface area (Å²) < 4.78 is 31.0. The first-order valence-electron chi connectivity index (χ1n) is 5.56. The number of amides is 2. The topological polar surface area (TPSA) is 50.4 Å². The summed E-state index contributed by atoms with van der Waals surface area (Å²) in [6.07, 6.45) is 0. The molecule has 0 saturated carbocycles. The van der Waals surface area contributed by atoms with E-state index in [1.807, 2.05) is 6.92 Å². The number of halogens is 2. The van der Waals surface area contributed by atoms with Crippen molar-refractivity contribution < 1.29 is 18.3 Å². The SMILES string of the molecule is CC1(CNC(=O)Nc2ccc(F)cc2F)COC1. The van der Waals surface area contributed by atoms with E-state index >= 15 is 0 Å². The highest BCUT2D eigenvalue weighted by atomic mass is 19.1. The minimum Gasteiger partial charge on any atom is -0.380 e. The van der Waals surface area contributed by atoms with E-state index in [4.69, 9.17) is 4.74 Å². The number of carbonyl (C=O) groups is 1. The standard InChI is InChI=1S/C12H14F2N2O2/c1-12(6-18-7-12)5-15-11(17)16-10-3-2-8(13)4-9(10)14/h2-4H,5-7H2,1H3,(H2,15,16,17). The van der Waals surface area contributed by atoms with Crippen LogP contribution in [0.15, 0.2) is 18.2 Å². The monoisotopic (exact) mass is 256 g/mol. The first-order chi connectivity index (χ1) is 8.48. The maximum atomic E-state index is 13.3. The van der Waals surface area contributed by atoms with Crippen LogP contribution < -0.4 is 10.6 Å². The Labute approximate surface area is 103 Å². The predicted molar refractivity (Wildman–Crippen MR) is 62.3 cm³/mol. The molecule has 1 heterocycles. The van der Waals surface area contributed by atoms with Crippen LogP contribution in [0.1, 0.15) is 6.92 Å². The average molecular weight is 256 g/mol. The molecule has 0 aliphatic carbocycles. The van der Waals surface area contributed by atoms with Gasteiger partial charge >= 0.3 is 6.03 Å². The third-order valence-electron chi connectivity index (χ3n) is 2.76. The Morgan fingerprint density at radius 3 is 2.72 bits per heavy atom. The van der Waals surface area contributed by atoms with Crippen molar-refractivity contribution in [3.8, 4) is 0 Å². The second-order valence-corrected chi connectivity index (χ2v) is 4.74. The Bertz CT molecular complexity index is 461. The van der Waals surface area contributed by atoms with Crippen LogP contribution in [0.25, 0.3) is 0 Å². The summed E-state index contributed by atoms with van der Waals surface area (Å²) >= 11 is 0. The van der Waals surface area contributed by atoms with Gasteiger partial charge in [0.25, 0.3) is 0 Å². The molecule has 1 fully saturated rings. The minimum absolute atomic E-state index is 0.0519. The molecule has 1 saturated heterocycles. The van der Waals surface area contributed by atoms with Crippen LogP contribution in [0.4, 0.5) is 19.3 Å². The number of hydrogen-bond donors (Lipinski definition) is 2. The van der Waals surface area contributed by atoms with Crippen molar-refractivity contribution in [2.45, 2.75) is 6.92 Å². The number of carbonyl (C=O) groups excluding carboxylic acids is 1. The van der Waals surface area contributed by atoms with Crippen molar-refractivity contribution >= 4 is 11.7 Å². The zero-order valence-electron chi connectivity index (χ0n) is 9.93. The fraction of sp³-hybridized carbons (Fsp3) is 0.417. The summed E-state index contributed by atoms with van der Waals surface area (Å²) in [5.41, 5.74) is -0.109. The summed E-state index contributed by atoms with van der Waals surface area (Å²) in [5.74, 6) is -1.49. The zero-order valence-corrected chi connectivity index (χ0v) is 9.93. The smallest absolute Gasteiger partial charge is 0.319 e. The molecule has 6 heteroatoms. The normalized spacial score (nSPS) is 16.8. The second-order valence-electron chi connectivity index (χ2n) is 4.74. The molecule has 2 rings (SSSR count). The van der Waals surface area contributed by atoms with Gasteiger partial charge in [-0.3, -0.25) is 0 Å². The molecule has 1 aliphatic heterocycles. The number of ether oxygens (including phenoxy) is 1. The molecule has 4 nitrogen and oxygen atoms in total. The lowest BCUT2D eigenvalue weighted by molar-refractivity contribution is -0.0974. The first kappa shape index (κ1) is 12.8. The van der Waals surface area contributed by atoms with Crippen molar-refractivity contribution in [1.29, 1.82) is 0 Å². The van der Waals surface area contributed by atoms with Crippen LogP contribution in [0.5, 0.6) is 0 Å². The van der Waals surface area contributed by atoms with Gasteiger partial charge in [0.05, 0.1) is 18.9 Å². The summed E-state index contributed by atoms with van der Waals surface area (Å²) in [5, 5.41) is 4.95. The third-order valence-corrected chi connectivity index (χ3v) is 2.76. The molecule has 18 heavy (non-hydrogen) atoms. The van der Waals surface area contributed by atoms with Gasteiger partial charge in [0.15, 0.2) is 0 Å². The van der Waals surface area contributed by atoms with Gasteiger partial charge in [-0.2, -0.15) is 0 Å². The summed E-state index contributed by atoms with van der Waals surface area (Å²) in [6.45, 7) is 3.62. The maximum absolute atomic E-state index is 13.3. The highest BCUT2D eigenvalue weighted by Gasteiger charge is 2.33. The molecule has 0 spiro atoms. The summed E-state index contributed by atoms with van der Waals surface area (Å²) in [7, 11) is 0. The van der Waals surface area contributed by atoms with Crippen LogP contribution in [0.2, 0.25) is 0 Å². The molecule has 98 valence electrons. The van der Waals surface area contributed by atoms with E-state index in [0.29, 0.717) is 19.8 Å². The van der Waals surface area contributed by atoms with E-state index in [-0.39, 0.29) is 11.1 Å². The van der Waals surface area contributed by atoms with Crippen molar-refractivity contribution in [3.05, 3.63) is 29.8 Å². The van der Waals surface area contributed by atoms with E-state index in [9.17, 15) is 13.6 Å². The van der Waals surface area contributed by atoms with E-state index in [1.54, 1.807) is 0 Å². The van der Waals surface area contributed by atoms with Gasteiger partial charge in [0, 0.05) is 18.0 Å². The van der Waals surface area contributed by atoms with Crippen LogP contribution in [0.3, 0.4) is 0 Å². The highest BCUT2D eigenvalue weighted by molar-refractivity contribution is 5.89. The van der Waals surface area contributed by atoms with Crippen molar-refractivity contribution in [3.63, 3.8) is 0 Å². The Balaban J connectivity index is 1.87. The molecule has 1 aromatic rings. The van der Waals surface area contributed by atoms with E-state index < -0.39 is 17.7 Å². The Morgan fingerprint density at radius 2 is 2.17 bits per heavy atom. The lowest BCUT2D eigenvalue weighted by Crippen LogP contribution is -2.49. The lowest BCUT2D eigenvalue weighted by Gasteiger charge is -2.37.